The maximum absolute atomic E-state index is 12.2. The molecule has 0 aliphatic heterocycles. The monoisotopic (exact) mass is 141 g/mol. The molecular formula is C5H6FN4. The van der Waals surface area contributed by atoms with E-state index in [0.717, 1.165) is 0 Å². The highest BCUT2D eigenvalue weighted by Gasteiger charge is 1.99. The lowest BCUT2D eigenvalue weighted by Gasteiger charge is -2.06. The van der Waals surface area contributed by atoms with E-state index in [1.165, 1.54) is 0 Å². The minimum Gasteiger partial charge on any atom is -0.347 e. The summed E-state index contributed by atoms with van der Waals surface area (Å²) in [7, 11) is 3.42. The van der Waals surface area contributed by atoms with Crippen LogP contribution < -0.4 is 4.90 Å². The molecule has 0 N–H and O–H groups in total. The third-order valence-corrected chi connectivity index (χ3v) is 0.885. The van der Waals surface area contributed by atoms with Crippen molar-refractivity contribution < 1.29 is 4.39 Å². The molecule has 0 unspecified atom stereocenters. The molecule has 0 atom stereocenters. The topological polar surface area (TPSA) is 41.9 Å². The zero-order chi connectivity index (χ0) is 7.56. The van der Waals surface area contributed by atoms with E-state index < -0.39 is 6.08 Å². The second kappa shape index (κ2) is 2.55. The molecule has 53 valence electrons. The Morgan fingerprint density at radius 1 is 1.40 bits per heavy atom. The van der Waals surface area contributed by atoms with Crippen molar-refractivity contribution in [2.45, 2.75) is 0 Å². The van der Waals surface area contributed by atoms with E-state index in [0.29, 0.717) is 0 Å². The Kier molecular flexibility index (Phi) is 1.75. The molecule has 1 aromatic heterocycles. The van der Waals surface area contributed by atoms with Crippen LogP contribution in [-0.2, 0) is 0 Å². The number of halogens is 1. The third kappa shape index (κ3) is 1.37. The van der Waals surface area contributed by atoms with Gasteiger partial charge in [0.1, 0.15) is 0 Å². The summed E-state index contributed by atoms with van der Waals surface area (Å²) in [5.74, 6) is 0.271. The quantitative estimate of drug-likeness (QED) is 0.546. The highest BCUT2D eigenvalue weighted by Crippen LogP contribution is 1.97. The van der Waals surface area contributed by atoms with Crippen molar-refractivity contribution in [3.63, 3.8) is 0 Å². The van der Waals surface area contributed by atoms with Crippen LogP contribution in [0.4, 0.5) is 10.3 Å². The molecule has 0 fully saturated rings. The van der Waals surface area contributed by atoms with Gasteiger partial charge in [0.2, 0.25) is 12.3 Å². The van der Waals surface area contributed by atoms with Crippen molar-refractivity contribution in [2.75, 3.05) is 19.0 Å². The average Bonchev–Trinajstić information content (AvgIpc) is 1.88. The Bertz CT molecular complexity index is 225. The first-order chi connectivity index (χ1) is 4.70. The molecule has 0 bridgehead atoms. The number of nitrogens with zero attached hydrogens (tertiary/aromatic N) is 4. The lowest BCUT2D eigenvalue weighted by molar-refractivity contribution is 0.530. The standard InChI is InChI=1S/C5H6FN4/c1-10(2)5-8-3-7-4(6)9-5/h1-2H3. The zero-order valence-corrected chi connectivity index (χ0v) is 5.67. The summed E-state index contributed by atoms with van der Waals surface area (Å²) in [5.41, 5.74) is 0. The lowest BCUT2D eigenvalue weighted by atomic mass is 10.8. The summed E-state index contributed by atoms with van der Waals surface area (Å²) in [6.45, 7) is 0. The zero-order valence-electron chi connectivity index (χ0n) is 5.67. The van der Waals surface area contributed by atoms with E-state index in [4.69, 9.17) is 0 Å². The van der Waals surface area contributed by atoms with E-state index >= 15 is 0 Å². The fourth-order valence-electron chi connectivity index (χ4n) is 0.443. The Hall–Kier alpha value is -1.26. The van der Waals surface area contributed by atoms with Crippen LogP contribution in [0, 0.1) is 12.4 Å². The largest absolute Gasteiger partial charge is 0.347 e. The van der Waals surface area contributed by atoms with Crippen LogP contribution in [0.5, 0.6) is 0 Å². The molecule has 10 heavy (non-hydrogen) atoms. The van der Waals surface area contributed by atoms with Crippen LogP contribution in [-0.4, -0.2) is 29.0 Å². The van der Waals surface area contributed by atoms with E-state index in [-0.39, 0.29) is 5.95 Å². The van der Waals surface area contributed by atoms with Gasteiger partial charge in [-0.1, -0.05) is 0 Å². The van der Waals surface area contributed by atoms with Gasteiger partial charge in [0.15, 0.2) is 0 Å². The Morgan fingerprint density at radius 3 is 2.50 bits per heavy atom. The molecule has 4 nitrogen and oxygen atoms in total. The number of hydrogen-bond acceptors (Lipinski definition) is 4. The predicted molar refractivity (Wildman–Crippen MR) is 32.9 cm³/mol. The SMILES string of the molecule is CN(C)c1n[c]nc(F)n1. The fraction of sp³-hybridized carbons (Fsp3) is 0.400. The maximum atomic E-state index is 12.2. The molecule has 0 spiro atoms. The van der Waals surface area contributed by atoms with Crippen LogP contribution in [0.25, 0.3) is 0 Å². The van der Waals surface area contributed by atoms with Gasteiger partial charge < -0.3 is 4.90 Å². The first kappa shape index (κ1) is 6.85. The van der Waals surface area contributed by atoms with Crippen LogP contribution in [0.15, 0.2) is 0 Å². The van der Waals surface area contributed by atoms with Crippen molar-refractivity contribution in [3.8, 4) is 0 Å². The smallest absolute Gasteiger partial charge is 0.314 e. The summed E-state index contributed by atoms with van der Waals surface area (Å²) in [6.07, 6.45) is 1.32. The second-order valence-corrected chi connectivity index (χ2v) is 1.90. The Labute approximate surface area is 57.7 Å². The van der Waals surface area contributed by atoms with E-state index in [1.54, 1.807) is 19.0 Å². The van der Waals surface area contributed by atoms with Crippen molar-refractivity contribution in [2.24, 2.45) is 0 Å². The summed E-state index contributed by atoms with van der Waals surface area (Å²) in [6, 6.07) is 0. The number of hydrogen-bond donors (Lipinski definition) is 0. The van der Waals surface area contributed by atoms with Gasteiger partial charge in [-0.25, -0.2) is 0 Å². The van der Waals surface area contributed by atoms with Gasteiger partial charge in [-0.05, 0) is 0 Å². The summed E-state index contributed by atoms with van der Waals surface area (Å²) < 4.78 is 12.2. The molecule has 5 heteroatoms. The molecule has 0 aliphatic rings. The number of rotatable bonds is 1. The first-order valence-electron chi connectivity index (χ1n) is 2.65. The highest BCUT2D eigenvalue weighted by molar-refractivity contribution is 5.22. The van der Waals surface area contributed by atoms with Crippen molar-refractivity contribution in [1.82, 2.24) is 15.0 Å². The van der Waals surface area contributed by atoms with Crippen molar-refractivity contribution >= 4 is 5.95 Å². The maximum Gasteiger partial charge on any atom is 0.314 e. The van der Waals surface area contributed by atoms with E-state index in [1.807, 2.05) is 0 Å². The molecule has 0 saturated heterocycles. The van der Waals surface area contributed by atoms with Gasteiger partial charge in [-0.15, -0.1) is 0 Å². The lowest BCUT2D eigenvalue weighted by Crippen LogP contribution is -2.13. The summed E-state index contributed by atoms with van der Waals surface area (Å²) in [4.78, 5) is 11.6. The third-order valence-electron chi connectivity index (χ3n) is 0.885. The van der Waals surface area contributed by atoms with E-state index in [9.17, 15) is 4.39 Å². The molecular weight excluding hydrogens is 135 g/mol. The number of anilines is 1. The van der Waals surface area contributed by atoms with Crippen molar-refractivity contribution in [1.29, 1.82) is 0 Å². The van der Waals surface area contributed by atoms with Crippen LogP contribution in [0.3, 0.4) is 0 Å². The number of aromatic nitrogens is 3. The molecule has 1 heterocycles. The van der Waals surface area contributed by atoms with Gasteiger partial charge in [0.25, 0.3) is 0 Å². The van der Waals surface area contributed by atoms with Crippen LogP contribution in [0.2, 0.25) is 0 Å². The van der Waals surface area contributed by atoms with E-state index in [2.05, 4.69) is 21.3 Å². The minimum atomic E-state index is -0.807. The first-order valence-corrected chi connectivity index (χ1v) is 2.65. The average molecular weight is 141 g/mol. The molecule has 0 aliphatic carbocycles. The van der Waals surface area contributed by atoms with Crippen LogP contribution in [0.1, 0.15) is 0 Å². The Morgan fingerprint density at radius 2 is 2.10 bits per heavy atom. The second-order valence-electron chi connectivity index (χ2n) is 1.90. The summed E-state index contributed by atoms with van der Waals surface area (Å²) >= 11 is 0. The van der Waals surface area contributed by atoms with Crippen molar-refractivity contribution in [3.05, 3.63) is 12.4 Å². The highest BCUT2D eigenvalue weighted by atomic mass is 19.1. The molecule has 1 rings (SSSR count). The summed E-state index contributed by atoms with van der Waals surface area (Å²) in [5, 5.41) is 0. The van der Waals surface area contributed by atoms with Gasteiger partial charge >= 0.3 is 6.08 Å². The normalized spacial score (nSPS) is 9.50. The molecule has 1 radical (unpaired) electrons. The van der Waals surface area contributed by atoms with Gasteiger partial charge in [-0.2, -0.15) is 19.3 Å². The fourth-order valence-corrected chi connectivity index (χ4v) is 0.443. The molecule has 0 saturated carbocycles. The van der Waals surface area contributed by atoms with Gasteiger partial charge in [0, 0.05) is 14.1 Å². The minimum absolute atomic E-state index is 0.271. The Balaban J connectivity index is 2.96. The van der Waals surface area contributed by atoms with Crippen LogP contribution >= 0.6 is 0 Å². The molecule has 1 aromatic rings. The van der Waals surface area contributed by atoms with Gasteiger partial charge in [-0.3, -0.25) is 0 Å². The molecule has 0 amide bonds. The molecule has 0 aromatic carbocycles. The predicted octanol–water partition coefficient (Wildman–Crippen LogP) is -0.123. The van der Waals surface area contributed by atoms with Gasteiger partial charge in [0.05, 0.1) is 0 Å².